The van der Waals surface area contributed by atoms with Crippen molar-refractivity contribution in [2.45, 2.75) is 32.8 Å². The molecule has 4 nitrogen and oxygen atoms in total. The third-order valence-electron chi connectivity index (χ3n) is 2.67. The van der Waals surface area contributed by atoms with E-state index in [4.69, 9.17) is 15.7 Å². The maximum atomic E-state index is 14.1. The van der Waals surface area contributed by atoms with Crippen LogP contribution in [0.2, 0.25) is 0 Å². The van der Waals surface area contributed by atoms with Gasteiger partial charge >= 0.3 is 0 Å². The smallest absolute Gasteiger partial charge is 0.179 e. The summed E-state index contributed by atoms with van der Waals surface area (Å²) in [6, 6.07) is 2.99. The van der Waals surface area contributed by atoms with Crippen molar-refractivity contribution in [2.24, 2.45) is 10.9 Å². The van der Waals surface area contributed by atoms with Crippen LogP contribution in [-0.2, 0) is 0 Å². The van der Waals surface area contributed by atoms with E-state index in [9.17, 15) is 4.39 Å². The van der Waals surface area contributed by atoms with Gasteiger partial charge in [0.05, 0.1) is 4.47 Å². The molecule has 0 spiro atoms. The minimum atomic E-state index is -0.569. The van der Waals surface area contributed by atoms with Crippen molar-refractivity contribution >= 4 is 21.8 Å². The molecule has 0 saturated carbocycles. The molecule has 0 aliphatic carbocycles. The lowest BCUT2D eigenvalue weighted by molar-refractivity contribution is 0.0992. The van der Waals surface area contributed by atoms with Crippen molar-refractivity contribution in [1.29, 1.82) is 0 Å². The normalized spacial score (nSPS) is 12.6. The summed E-state index contributed by atoms with van der Waals surface area (Å²) >= 11 is 3.07. The summed E-state index contributed by atoms with van der Waals surface area (Å²) in [6.45, 7) is 5.70. The van der Waals surface area contributed by atoms with E-state index < -0.39 is 11.4 Å². The summed E-state index contributed by atoms with van der Waals surface area (Å²) in [5.41, 5.74) is 5.24. The highest BCUT2D eigenvalue weighted by Gasteiger charge is 2.21. The Morgan fingerprint density at radius 3 is 2.67 bits per heavy atom. The van der Waals surface area contributed by atoms with Crippen LogP contribution in [0.1, 0.15) is 32.8 Å². The standard InChI is InChI=1S/C12H16BrFN2O2/c1-4-12(2,3)18-8-6-5-7(11(15)16-17)9(13)10(8)14/h5-6,17H,4H2,1-3H3,(H2,15,16). The van der Waals surface area contributed by atoms with E-state index in [1.165, 1.54) is 12.1 Å². The highest BCUT2D eigenvalue weighted by atomic mass is 79.9. The first kappa shape index (κ1) is 14.8. The molecule has 1 rings (SSSR count). The highest BCUT2D eigenvalue weighted by Crippen LogP contribution is 2.31. The molecule has 3 N–H and O–H groups in total. The number of rotatable bonds is 4. The molecule has 0 radical (unpaired) electrons. The fourth-order valence-corrected chi connectivity index (χ4v) is 1.76. The van der Waals surface area contributed by atoms with Gasteiger partial charge in [0.1, 0.15) is 5.60 Å². The van der Waals surface area contributed by atoms with Crippen LogP contribution in [-0.4, -0.2) is 16.6 Å². The Morgan fingerprint density at radius 2 is 2.17 bits per heavy atom. The minimum absolute atomic E-state index is 0.113. The molecular weight excluding hydrogens is 303 g/mol. The Labute approximate surface area is 114 Å². The summed E-state index contributed by atoms with van der Waals surface area (Å²) < 4.78 is 19.8. The second kappa shape index (κ2) is 5.56. The minimum Gasteiger partial charge on any atom is -0.485 e. The van der Waals surface area contributed by atoms with Crippen LogP contribution < -0.4 is 10.5 Å². The molecule has 0 heterocycles. The number of ether oxygens (including phenoxy) is 1. The van der Waals surface area contributed by atoms with Gasteiger partial charge in [0, 0.05) is 5.56 Å². The van der Waals surface area contributed by atoms with Gasteiger partial charge in [0.25, 0.3) is 0 Å². The van der Waals surface area contributed by atoms with Crippen molar-refractivity contribution in [2.75, 3.05) is 0 Å². The molecule has 18 heavy (non-hydrogen) atoms. The Kier molecular flexibility index (Phi) is 4.56. The molecule has 1 aromatic carbocycles. The Bertz CT molecular complexity index is 475. The third kappa shape index (κ3) is 3.13. The highest BCUT2D eigenvalue weighted by molar-refractivity contribution is 9.10. The number of hydrogen-bond donors (Lipinski definition) is 2. The number of nitrogens with zero attached hydrogens (tertiary/aromatic N) is 1. The number of oxime groups is 1. The van der Waals surface area contributed by atoms with Gasteiger partial charge in [0.2, 0.25) is 0 Å². The Hall–Kier alpha value is -1.30. The molecule has 0 amide bonds. The fourth-order valence-electron chi connectivity index (χ4n) is 1.23. The second-order valence-corrected chi connectivity index (χ2v) is 5.23. The predicted molar refractivity (Wildman–Crippen MR) is 71.6 cm³/mol. The van der Waals surface area contributed by atoms with E-state index in [-0.39, 0.29) is 21.6 Å². The SMILES string of the molecule is CCC(C)(C)Oc1ccc(/C(N)=N/O)c(Br)c1F. The summed E-state index contributed by atoms with van der Waals surface area (Å²) in [5.74, 6) is -0.606. The van der Waals surface area contributed by atoms with Crippen LogP contribution in [0.5, 0.6) is 5.75 Å². The lowest BCUT2D eigenvalue weighted by Gasteiger charge is -2.25. The van der Waals surface area contributed by atoms with Crippen LogP contribution in [0, 0.1) is 5.82 Å². The number of benzene rings is 1. The topological polar surface area (TPSA) is 67.8 Å². The van der Waals surface area contributed by atoms with Gasteiger partial charge in [-0.3, -0.25) is 0 Å². The zero-order chi connectivity index (χ0) is 13.9. The first-order valence-electron chi connectivity index (χ1n) is 5.47. The van der Waals surface area contributed by atoms with Crippen LogP contribution in [0.4, 0.5) is 4.39 Å². The van der Waals surface area contributed by atoms with Crippen LogP contribution in [0.3, 0.4) is 0 Å². The summed E-state index contributed by atoms with van der Waals surface area (Å²) in [7, 11) is 0. The number of halogens is 2. The zero-order valence-corrected chi connectivity index (χ0v) is 12.1. The molecule has 0 unspecified atom stereocenters. The van der Waals surface area contributed by atoms with E-state index in [0.29, 0.717) is 0 Å². The van der Waals surface area contributed by atoms with Gasteiger partial charge < -0.3 is 15.7 Å². The van der Waals surface area contributed by atoms with Gasteiger partial charge in [-0.15, -0.1) is 0 Å². The first-order valence-corrected chi connectivity index (χ1v) is 6.26. The van der Waals surface area contributed by atoms with Crippen LogP contribution >= 0.6 is 15.9 Å². The first-order chi connectivity index (χ1) is 8.32. The quantitative estimate of drug-likeness (QED) is 0.387. The lowest BCUT2D eigenvalue weighted by atomic mass is 10.1. The molecule has 0 aliphatic rings. The fraction of sp³-hybridized carbons (Fsp3) is 0.417. The molecule has 1 aromatic rings. The Balaban J connectivity index is 3.17. The Morgan fingerprint density at radius 1 is 1.56 bits per heavy atom. The maximum Gasteiger partial charge on any atom is 0.179 e. The van der Waals surface area contributed by atoms with Gasteiger partial charge in [0.15, 0.2) is 17.4 Å². The molecular formula is C12H16BrFN2O2. The molecule has 0 saturated heterocycles. The summed E-state index contributed by atoms with van der Waals surface area (Å²) in [6.07, 6.45) is 0.742. The van der Waals surface area contributed by atoms with E-state index in [1.54, 1.807) is 0 Å². The monoisotopic (exact) mass is 318 g/mol. The van der Waals surface area contributed by atoms with Crippen molar-refractivity contribution in [3.05, 3.63) is 28.0 Å². The second-order valence-electron chi connectivity index (χ2n) is 4.44. The maximum absolute atomic E-state index is 14.1. The van der Waals surface area contributed by atoms with E-state index >= 15 is 0 Å². The van der Waals surface area contributed by atoms with E-state index in [0.717, 1.165) is 6.42 Å². The lowest BCUT2D eigenvalue weighted by Crippen LogP contribution is -2.27. The average molecular weight is 319 g/mol. The van der Waals surface area contributed by atoms with E-state index in [2.05, 4.69) is 21.1 Å². The van der Waals surface area contributed by atoms with Gasteiger partial charge in [-0.1, -0.05) is 12.1 Å². The van der Waals surface area contributed by atoms with E-state index in [1.807, 2.05) is 20.8 Å². The average Bonchev–Trinajstić information content (AvgIpc) is 2.34. The third-order valence-corrected chi connectivity index (χ3v) is 3.44. The molecule has 6 heteroatoms. The zero-order valence-electron chi connectivity index (χ0n) is 10.5. The largest absolute Gasteiger partial charge is 0.485 e. The van der Waals surface area contributed by atoms with Crippen LogP contribution in [0.15, 0.2) is 21.8 Å². The van der Waals surface area contributed by atoms with Crippen molar-refractivity contribution in [3.63, 3.8) is 0 Å². The number of amidine groups is 1. The number of nitrogens with two attached hydrogens (primary N) is 1. The molecule has 0 aliphatic heterocycles. The van der Waals surface area contributed by atoms with Crippen molar-refractivity contribution in [3.8, 4) is 5.75 Å². The predicted octanol–water partition coefficient (Wildman–Crippen LogP) is 3.25. The molecule has 100 valence electrons. The summed E-state index contributed by atoms with van der Waals surface area (Å²) in [5, 5.41) is 11.4. The van der Waals surface area contributed by atoms with Crippen LogP contribution in [0.25, 0.3) is 0 Å². The van der Waals surface area contributed by atoms with Crippen molar-refractivity contribution in [1.82, 2.24) is 0 Å². The summed E-state index contributed by atoms with van der Waals surface area (Å²) in [4.78, 5) is 0. The van der Waals surface area contributed by atoms with Gasteiger partial charge in [-0.05, 0) is 48.3 Å². The molecule has 0 aromatic heterocycles. The van der Waals surface area contributed by atoms with Crippen molar-refractivity contribution < 1.29 is 14.3 Å². The molecule has 0 fully saturated rings. The molecule has 0 atom stereocenters. The van der Waals surface area contributed by atoms with Gasteiger partial charge in [-0.2, -0.15) is 0 Å². The van der Waals surface area contributed by atoms with Gasteiger partial charge in [-0.25, -0.2) is 4.39 Å². The molecule has 0 bridgehead atoms. The number of hydrogen-bond acceptors (Lipinski definition) is 3.